The highest BCUT2D eigenvalue weighted by atomic mass is 35.5. The molecule has 1 aliphatic carbocycles. The Bertz CT molecular complexity index is 1360. The lowest BCUT2D eigenvalue weighted by Gasteiger charge is -2.33. The minimum absolute atomic E-state index is 0.135. The molecule has 3 aromatic rings. The van der Waals surface area contributed by atoms with E-state index in [1.54, 1.807) is 29.2 Å². The number of amides is 3. The summed E-state index contributed by atoms with van der Waals surface area (Å²) in [4.78, 5) is 43.7. The van der Waals surface area contributed by atoms with Crippen LogP contribution in [0.1, 0.15) is 54.9 Å². The van der Waals surface area contributed by atoms with Crippen LogP contribution in [0.15, 0.2) is 54.6 Å². The van der Waals surface area contributed by atoms with Crippen molar-refractivity contribution in [1.82, 2.24) is 10.2 Å². The van der Waals surface area contributed by atoms with Gasteiger partial charge in [-0.15, -0.1) is 0 Å². The second-order valence-corrected chi connectivity index (χ2v) is 10.6. The highest BCUT2D eigenvalue weighted by molar-refractivity contribution is 6.42. The zero-order valence-electron chi connectivity index (χ0n) is 20.7. The largest absolute Gasteiger partial charge is 0.352 e. The third-order valence-electron chi connectivity index (χ3n) is 7.37. The molecule has 0 spiro atoms. The van der Waals surface area contributed by atoms with Crippen LogP contribution in [0.4, 0.5) is 5.69 Å². The maximum Gasteiger partial charge on any atom is 0.259 e. The fraction of sp³-hybridized carbons (Fsp3) is 0.345. The first kappa shape index (κ1) is 25.6. The van der Waals surface area contributed by atoms with Gasteiger partial charge in [0.05, 0.1) is 15.7 Å². The van der Waals surface area contributed by atoms with Crippen molar-refractivity contribution in [3.05, 3.63) is 75.8 Å². The van der Waals surface area contributed by atoms with Gasteiger partial charge in [0.2, 0.25) is 11.8 Å². The van der Waals surface area contributed by atoms with E-state index < -0.39 is 6.04 Å². The number of benzene rings is 3. The highest BCUT2D eigenvalue weighted by Gasteiger charge is 2.35. The fourth-order valence-corrected chi connectivity index (χ4v) is 5.80. The summed E-state index contributed by atoms with van der Waals surface area (Å²) >= 11 is 12.4. The standard InChI is InChI=1S/C29H29Cl2N3O3/c1-2-24(28(36)32-20-9-3-4-10-20)33(16-18-13-14-22(30)23(31)15-18)26(35)17-34-25-12-6-8-19-7-5-11-21(27(19)25)29(34)37/h5-8,11-15,20,24H,2-4,9-10,16-17H2,1H3,(H,32,36)/t24-/m0/s1. The van der Waals surface area contributed by atoms with E-state index in [9.17, 15) is 14.4 Å². The number of hydrogen-bond donors (Lipinski definition) is 1. The molecule has 1 fully saturated rings. The van der Waals surface area contributed by atoms with Crippen molar-refractivity contribution < 1.29 is 14.4 Å². The normalized spacial score (nSPS) is 15.9. The lowest BCUT2D eigenvalue weighted by molar-refractivity contribution is -0.140. The first-order chi connectivity index (χ1) is 17.9. The number of hydrogen-bond acceptors (Lipinski definition) is 3. The van der Waals surface area contributed by atoms with E-state index in [0.717, 1.165) is 42.0 Å². The van der Waals surface area contributed by atoms with Crippen molar-refractivity contribution in [2.75, 3.05) is 11.4 Å². The molecule has 1 N–H and O–H groups in total. The van der Waals surface area contributed by atoms with Crippen LogP contribution < -0.4 is 10.2 Å². The number of carbonyl (C=O) groups is 3. The lowest BCUT2D eigenvalue weighted by Crippen LogP contribution is -2.53. The Morgan fingerprint density at radius 2 is 1.78 bits per heavy atom. The van der Waals surface area contributed by atoms with Crippen molar-refractivity contribution in [3.63, 3.8) is 0 Å². The summed E-state index contributed by atoms with van der Waals surface area (Å²) in [6.45, 7) is 1.90. The summed E-state index contributed by atoms with van der Waals surface area (Å²) < 4.78 is 0. The molecule has 3 amide bonds. The molecule has 0 aromatic heterocycles. The van der Waals surface area contributed by atoms with Gasteiger partial charge in [0.1, 0.15) is 12.6 Å². The van der Waals surface area contributed by atoms with Crippen LogP contribution in [0, 0.1) is 0 Å². The average molecular weight is 538 g/mol. The first-order valence-corrected chi connectivity index (χ1v) is 13.5. The Balaban J connectivity index is 1.44. The van der Waals surface area contributed by atoms with Gasteiger partial charge in [0, 0.05) is 23.5 Å². The maximum atomic E-state index is 13.9. The fourth-order valence-electron chi connectivity index (χ4n) is 5.48. The van der Waals surface area contributed by atoms with Crippen molar-refractivity contribution >= 4 is 57.4 Å². The molecule has 37 heavy (non-hydrogen) atoms. The van der Waals surface area contributed by atoms with Crippen molar-refractivity contribution in [2.24, 2.45) is 0 Å². The zero-order chi connectivity index (χ0) is 26.1. The third kappa shape index (κ3) is 5.05. The first-order valence-electron chi connectivity index (χ1n) is 12.7. The zero-order valence-corrected chi connectivity index (χ0v) is 22.2. The molecule has 6 nitrogen and oxygen atoms in total. The molecule has 0 saturated heterocycles. The van der Waals surface area contributed by atoms with E-state index in [1.807, 2.05) is 37.3 Å². The van der Waals surface area contributed by atoms with E-state index in [2.05, 4.69) is 5.32 Å². The van der Waals surface area contributed by atoms with Crippen LogP contribution in [0.2, 0.25) is 10.0 Å². The smallest absolute Gasteiger partial charge is 0.259 e. The summed E-state index contributed by atoms with van der Waals surface area (Å²) in [5.74, 6) is -0.684. The Labute approximate surface area is 226 Å². The molecule has 192 valence electrons. The number of anilines is 1. The summed E-state index contributed by atoms with van der Waals surface area (Å²) in [5, 5.41) is 5.75. The van der Waals surface area contributed by atoms with E-state index in [0.29, 0.717) is 27.7 Å². The molecule has 1 atom stereocenters. The molecule has 2 aliphatic rings. The van der Waals surface area contributed by atoms with Crippen LogP contribution in [0.5, 0.6) is 0 Å². The SMILES string of the molecule is CC[C@@H](C(=O)NC1CCCC1)N(Cc1ccc(Cl)c(Cl)c1)C(=O)CN1C(=O)c2cccc3cccc1c23. The van der Waals surface area contributed by atoms with Crippen LogP contribution in [0.25, 0.3) is 10.8 Å². The molecule has 0 unspecified atom stereocenters. The monoisotopic (exact) mass is 537 g/mol. The second kappa shape index (κ2) is 10.7. The number of halogens is 2. The molecule has 1 heterocycles. The van der Waals surface area contributed by atoms with Crippen LogP contribution in [-0.2, 0) is 16.1 Å². The molecule has 3 aromatic carbocycles. The van der Waals surface area contributed by atoms with Gasteiger partial charge < -0.3 is 10.2 Å². The lowest BCUT2D eigenvalue weighted by atomic mass is 10.1. The summed E-state index contributed by atoms with van der Waals surface area (Å²) in [5.41, 5.74) is 2.06. The number of nitrogens with zero attached hydrogens (tertiary/aromatic N) is 2. The summed E-state index contributed by atoms with van der Waals surface area (Å²) in [7, 11) is 0. The van der Waals surface area contributed by atoms with Crippen molar-refractivity contribution in [3.8, 4) is 0 Å². The van der Waals surface area contributed by atoms with E-state index in [4.69, 9.17) is 23.2 Å². The van der Waals surface area contributed by atoms with E-state index >= 15 is 0 Å². The second-order valence-electron chi connectivity index (χ2n) is 9.76. The van der Waals surface area contributed by atoms with Gasteiger partial charge in [-0.2, -0.15) is 0 Å². The minimum Gasteiger partial charge on any atom is -0.352 e. The summed E-state index contributed by atoms with van der Waals surface area (Å²) in [6, 6.07) is 15.9. The third-order valence-corrected chi connectivity index (χ3v) is 8.11. The van der Waals surface area contributed by atoms with E-state index in [-0.39, 0.29) is 36.9 Å². The molecule has 0 bridgehead atoms. The molecule has 5 rings (SSSR count). The molecule has 0 radical (unpaired) electrons. The quantitative estimate of drug-likeness (QED) is 0.384. The highest BCUT2D eigenvalue weighted by Crippen LogP contribution is 2.37. The summed E-state index contributed by atoms with van der Waals surface area (Å²) in [6.07, 6.45) is 4.53. The van der Waals surface area contributed by atoms with Gasteiger partial charge in [0.25, 0.3) is 5.91 Å². The van der Waals surface area contributed by atoms with Gasteiger partial charge in [0.15, 0.2) is 0 Å². The predicted molar refractivity (Wildman–Crippen MR) is 147 cm³/mol. The van der Waals surface area contributed by atoms with Crippen molar-refractivity contribution in [2.45, 2.75) is 57.7 Å². The predicted octanol–water partition coefficient (Wildman–Crippen LogP) is 5.97. The molecule has 1 saturated carbocycles. The number of rotatable bonds is 8. The van der Waals surface area contributed by atoms with Gasteiger partial charge in [-0.1, -0.05) is 73.3 Å². The van der Waals surface area contributed by atoms with Crippen LogP contribution in [0.3, 0.4) is 0 Å². The maximum absolute atomic E-state index is 13.9. The number of carbonyl (C=O) groups excluding carboxylic acids is 3. The Morgan fingerprint density at radius 3 is 2.49 bits per heavy atom. The van der Waals surface area contributed by atoms with Gasteiger partial charge >= 0.3 is 0 Å². The van der Waals surface area contributed by atoms with E-state index in [1.165, 1.54) is 4.90 Å². The Morgan fingerprint density at radius 1 is 1.05 bits per heavy atom. The Hall–Kier alpha value is -3.09. The van der Waals surface area contributed by atoms with Crippen LogP contribution >= 0.6 is 23.2 Å². The minimum atomic E-state index is -0.682. The Kier molecular flexibility index (Phi) is 7.40. The van der Waals surface area contributed by atoms with Gasteiger partial charge in [-0.3, -0.25) is 19.3 Å². The molecular weight excluding hydrogens is 509 g/mol. The average Bonchev–Trinajstić information content (AvgIpc) is 3.49. The van der Waals surface area contributed by atoms with Gasteiger partial charge in [-0.25, -0.2) is 0 Å². The van der Waals surface area contributed by atoms with Crippen LogP contribution in [-0.4, -0.2) is 41.2 Å². The molecular formula is C29H29Cl2N3O3. The van der Waals surface area contributed by atoms with Crippen molar-refractivity contribution in [1.29, 1.82) is 0 Å². The molecule has 8 heteroatoms. The molecule has 1 aliphatic heterocycles. The van der Waals surface area contributed by atoms with Gasteiger partial charge in [-0.05, 0) is 54.5 Å². The number of nitrogens with one attached hydrogen (secondary N) is 1. The topological polar surface area (TPSA) is 69.7 Å².